The first-order chi connectivity index (χ1) is 11.3. The van der Waals surface area contributed by atoms with Crippen LogP contribution in [0.1, 0.15) is 45.4 Å². The highest BCUT2D eigenvalue weighted by atomic mass is 33.1. The van der Waals surface area contributed by atoms with Crippen molar-refractivity contribution in [3.05, 3.63) is 0 Å². The summed E-state index contributed by atoms with van der Waals surface area (Å²) >= 11 is 0. The molecule has 2 rings (SSSR count). The van der Waals surface area contributed by atoms with Crippen LogP contribution >= 0.6 is 21.6 Å². The molecule has 6 heteroatoms. The molecule has 2 aliphatic heterocycles. The Bertz CT molecular complexity index is 331. The Morgan fingerprint density at radius 3 is 2.52 bits per heavy atom. The molecule has 23 heavy (non-hydrogen) atoms. The van der Waals surface area contributed by atoms with E-state index in [1.807, 2.05) is 21.6 Å². The summed E-state index contributed by atoms with van der Waals surface area (Å²) in [5, 5.41) is 0.822. The molecule has 0 aromatic heterocycles. The monoisotopic (exact) mass is 360 g/mol. The van der Waals surface area contributed by atoms with Gasteiger partial charge in [0, 0.05) is 50.1 Å². The maximum absolute atomic E-state index is 11.8. The van der Waals surface area contributed by atoms with Gasteiger partial charge in [-0.2, -0.15) is 0 Å². The minimum atomic E-state index is -0.0110. The summed E-state index contributed by atoms with van der Waals surface area (Å²) in [7, 11) is 4.02. The van der Waals surface area contributed by atoms with E-state index < -0.39 is 0 Å². The van der Waals surface area contributed by atoms with Crippen molar-refractivity contribution in [2.45, 2.75) is 50.7 Å². The van der Waals surface area contributed by atoms with E-state index in [1.54, 1.807) is 0 Å². The fraction of sp³-hybridized carbons (Fsp3) is 0.941. The van der Waals surface area contributed by atoms with Gasteiger partial charge < -0.3 is 9.64 Å². The SMILES string of the molecule is CCCN1CCN(CCOC(=O)CCCC[C@@H]2CCSS2)CC1. The second kappa shape index (κ2) is 11.6. The van der Waals surface area contributed by atoms with E-state index in [-0.39, 0.29) is 5.97 Å². The van der Waals surface area contributed by atoms with Gasteiger partial charge in [0.1, 0.15) is 6.61 Å². The maximum atomic E-state index is 11.8. The van der Waals surface area contributed by atoms with Crippen molar-refractivity contribution in [1.29, 1.82) is 0 Å². The number of rotatable bonds is 10. The predicted molar refractivity (Wildman–Crippen MR) is 101 cm³/mol. The van der Waals surface area contributed by atoms with Crippen molar-refractivity contribution >= 4 is 27.6 Å². The second-order valence-electron chi connectivity index (χ2n) is 6.48. The number of hydrogen-bond acceptors (Lipinski definition) is 6. The molecule has 4 nitrogen and oxygen atoms in total. The van der Waals surface area contributed by atoms with Crippen LogP contribution in [-0.4, -0.2) is 72.6 Å². The van der Waals surface area contributed by atoms with Crippen LogP contribution in [0.25, 0.3) is 0 Å². The first kappa shape index (κ1) is 19.4. The summed E-state index contributed by atoms with van der Waals surface area (Å²) < 4.78 is 5.39. The number of carbonyl (C=O) groups excluding carboxylic acids is 1. The van der Waals surface area contributed by atoms with Gasteiger partial charge in [-0.1, -0.05) is 34.9 Å². The lowest BCUT2D eigenvalue weighted by molar-refractivity contribution is -0.144. The van der Waals surface area contributed by atoms with Gasteiger partial charge in [0.15, 0.2) is 0 Å². The number of nitrogens with zero attached hydrogens (tertiary/aromatic N) is 2. The third-order valence-electron chi connectivity index (χ3n) is 4.56. The number of carbonyl (C=O) groups is 1. The Kier molecular flexibility index (Phi) is 9.80. The van der Waals surface area contributed by atoms with Crippen LogP contribution in [0, 0.1) is 0 Å². The lowest BCUT2D eigenvalue weighted by Gasteiger charge is -2.34. The van der Waals surface area contributed by atoms with E-state index in [0.717, 1.165) is 50.8 Å². The highest BCUT2D eigenvalue weighted by Crippen LogP contribution is 2.39. The van der Waals surface area contributed by atoms with Crippen molar-refractivity contribution in [3.63, 3.8) is 0 Å². The minimum absolute atomic E-state index is 0.0110. The van der Waals surface area contributed by atoms with Gasteiger partial charge in [0.2, 0.25) is 0 Å². The molecular formula is C17H32N2O2S2. The number of piperazine rings is 1. The summed E-state index contributed by atoms with van der Waals surface area (Å²) in [6.45, 7) is 9.41. The van der Waals surface area contributed by atoms with Crippen molar-refractivity contribution < 1.29 is 9.53 Å². The Hall–Kier alpha value is 0.0900. The summed E-state index contributed by atoms with van der Waals surface area (Å²) in [6, 6.07) is 0. The van der Waals surface area contributed by atoms with E-state index in [1.165, 1.54) is 31.6 Å². The molecule has 0 spiro atoms. The van der Waals surface area contributed by atoms with Gasteiger partial charge in [-0.3, -0.25) is 9.69 Å². The van der Waals surface area contributed by atoms with Gasteiger partial charge in [0.25, 0.3) is 0 Å². The largest absolute Gasteiger partial charge is 0.464 e. The number of esters is 1. The second-order valence-corrected chi connectivity index (χ2v) is 9.27. The normalized spacial score (nSPS) is 23.3. The van der Waals surface area contributed by atoms with Crippen molar-refractivity contribution in [2.75, 3.05) is 51.6 Å². The van der Waals surface area contributed by atoms with Crippen LogP contribution in [0.2, 0.25) is 0 Å². The Balaban J connectivity index is 1.42. The van der Waals surface area contributed by atoms with Gasteiger partial charge in [0.05, 0.1) is 0 Å². The zero-order chi connectivity index (χ0) is 16.3. The average molecular weight is 361 g/mol. The molecule has 0 saturated carbocycles. The molecule has 134 valence electrons. The van der Waals surface area contributed by atoms with Crippen LogP contribution in [0.15, 0.2) is 0 Å². The van der Waals surface area contributed by atoms with Gasteiger partial charge in [-0.05, 0) is 32.2 Å². The molecule has 0 radical (unpaired) electrons. The van der Waals surface area contributed by atoms with E-state index in [4.69, 9.17) is 4.74 Å². The van der Waals surface area contributed by atoms with Crippen LogP contribution in [-0.2, 0) is 9.53 Å². The van der Waals surface area contributed by atoms with Gasteiger partial charge in [-0.25, -0.2) is 0 Å². The molecule has 2 heterocycles. The van der Waals surface area contributed by atoms with Crippen molar-refractivity contribution in [3.8, 4) is 0 Å². The first-order valence-corrected chi connectivity index (χ1v) is 11.5. The summed E-state index contributed by atoms with van der Waals surface area (Å²) in [5.41, 5.74) is 0. The van der Waals surface area contributed by atoms with E-state index in [0.29, 0.717) is 13.0 Å². The molecule has 2 saturated heterocycles. The lowest BCUT2D eigenvalue weighted by Crippen LogP contribution is -2.47. The maximum Gasteiger partial charge on any atom is 0.305 e. The molecule has 0 bridgehead atoms. The Morgan fingerprint density at radius 1 is 1.13 bits per heavy atom. The summed E-state index contributed by atoms with van der Waals surface area (Å²) in [6.07, 6.45) is 6.56. The lowest BCUT2D eigenvalue weighted by atomic mass is 10.1. The smallest absolute Gasteiger partial charge is 0.305 e. The summed E-state index contributed by atoms with van der Waals surface area (Å²) in [5.74, 6) is 1.28. The molecule has 0 amide bonds. The predicted octanol–water partition coefficient (Wildman–Crippen LogP) is 3.27. The highest BCUT2D eigenvalue weighted by molar-refractivity contribution is 8.77. The van der Waals surface area contributed by atoms with Crippen LogP contribution < -0.4 is 0 Å². The zero-order valence-corrected chi connectivity index (χ0v) is 16.1. The highest BCUT2D eigenvalue weighted by Gasteiger charge is 2.17. The topological polar surface area (TPSA) is 32.8 Å². The van der Waals surface area contributed by atoms with E-state index in [9.17, 15) is 4.79 Å². The van der Waals surface area contributed by atoms with Gasteiger partial charge >= 0.3 is 5.97 Å². The average Bonchev–Trinajstić information content (AvgIpc) is 3.07. The minimum Gasteiger partial charge on any atom is -0.464 e. The zero-order valence-electron chi connectivity index (χ0n) is 14.5. The third kappa shape index (κ3) is 8.14. The Morgan fingerprint density at radius 2 is 1.87 bits per heavy atom. The Labute approximate surface area is 149 Å². The quantitative estimate of drug-likeness (QED) is 0.338. The van der Waals surface area contributed by atoms with E-state index >= 15 is 0 Å². The number of unbranched alkanes of at least 4 members (excludes halogenated alkanes) is 1. The molecule has 0 unspecified atom stereocenters. The third-order valence-corrected chi connectivity index (χ3v) is 7.57. The van der Waals surface area contributed by atoms with Crippen LogP contribution in [0.4, 0.5) is 0 Å². The molecule has 2 aliphatic rings. The molecule has 0 aromatic carbocycles. The molecule has 0 aromatic rings. The molecule has 0 aliphatic carbocycles. The molecule has 0 N–H and O–H groups in total. The molecule has 1 atom stereocenters. The van der Waals surface area contributed by atoms with Gasteiger partial charge in [-0.15, -0.1) is 0 Å². The standard InChI is InChI=1S/C17H32N2O2S2/c1-2-8-18-9-11-19(12-10-18)13-14-21-17(20)6-4-3-5-16-7-15-22-23-16/h16H,2-15H2,1H3/t16-/m1/s1. The fourth-order valence-electron chi connectivity index (χ4n) is 3.12. The number of hydrogen-bond donors (Lipinski definition) is 0. The summed E-state index contributed by atoms with van der Waals surface area (Å²) in [4.78, 5) is 16.7. The van der Waals surface area contributed by atoms with E-state index in [2.05, 4.69) is 16.7 Å². The molecule has 2 fully saturated rings. The number of ether oxygens (including phenoxy) is 1. The fourth-order valence-corrected chi connectivity index (χ4v) is 6.15. The van der Waals surface area contributed by atoms with Crippen molar-refractivity contribution in [2.24, 2.45) is 0 Å². The first-order valence-electron chi connectivity index (χ1n) is 9.16. The van der Waals surface area contributed by atoms with Crippen LogP contribution in [0.5, 0.6) is 0 Å². The van der Waals surface area contributed by atoms with Crippen LogP contribution in [0.3, 0.4) is 0 Å². The van der Waals surface area contributed by atoms with Crippen molar-refractivity contribution in [1.82, 2.24) is 9.80 Å². The molecular weight excluding hydrogens is 328 g/mol.